The number of fused-ring (bicyclic) bond motifs is 1. The fourth-order valence-corrected chi connectivity index (χ4v) is 1.75. The molecular formula is C11H11FN2O. The lowest BCUT2D eigenvalue weighted by molar-refractivity contribution is 0.100. The molecule has 0 amide bonds. The van der Waals surface area contributed by atoms with Gasteiger partial charge in [0.2, 0.25) is 0 Å². The van der Waals surface area contributed by atoms with E-state index in [1.807, 2.05) is 0 Å². The number of aromatic nitrogens is 1. The number of carbonyl (C=O) groups is 1. The van der Waals surface area contributed by atoms with Gasteiger partial charge in [0.25, 0.3) is 0 Å². The Kier molecular flexibility index (Phi) is 2.28. The average molecular weight is 206 g/mol. The van der Waals surface area contributed by atoms with Gasteiger partial charge in [-0.1, -0.05) is 12.1 Å². The number of nitrogens with zero attached hydrogens (tertiary/aromatic N) is 1. The minimum Gasteiger partial charge on any atom is -0.347 e. The summed E-state index contributed by atoms with van der Waals surface area (Å²) in [7, 11) is 1.71. The van der Waals surface area contributed by atoms with E-state index in [1.165, 1.54) is 6.07 Å². The SMILES string of the molecule is Cn1cc(C(=O)CN)c2cccc(F)c21. The zero-order valence-corrected chi connectivity index (χ0v) is 8.33. The maximum atomic E-state index is 13.5. The summed E-state index contributed by atoms with van der Waals surface area (Å²) in [6, 6.07) is 4.69. The first-order chi connectivity index (χ1) is 7.15. The second kappa shape index (κ2) is 3.47. The maximum Gasteiger partial charge on any atom is 0.178 e. The van der Waals surface area contributed by atoms with E-state index in [9.17, 15) is 9.18 Å². The first-order valence-corrected chi connectivity index (χ1v) is 4.62. The van der Waals surface area contributed by atoms with Gasteiger partial charge in [-0.2, -0.15) is 0 Å². The predicted octanol–water partition coefficient (Wildman–Crippen LogP) is 1.46. The zero-order chi connectivity index (χ0) is 11.0. The van der Waals surface area contributed by atoms with Gasteiger partial charge in [0.05, 0.1) is 12.1 Å². The van der Waals surface area contributed by atoms with Crippen LogP contribution in [0.4, 0.5) is 4.39 Å². The minimum atomic E-state index is -0.328. The molecule has 0 saturated carbocycles. The summed E-state index contributed by atoms with van der Waals surface area (Å²) in [6.45, 7) is -0.0599. The lowest BCUT2D eigenvalue weighted by Crippen LogP contribution is -2.13. The van der Waals surface area contributed by atoms with Crippen LogP contribution in [0.2, 0.25) is 0 Å². The highest BCUT2D eigenvalue weighted by Crippen LogP contribution is 2.23. The van der Waals surface area contributed by atoms with Gasteiger partial charge in [-0.3, -0.25) is 4.79 Å². The van der Waals surface area contributed by atoms with Crippen molar-refractivity contribution in [3.8, 4) is 0 Å². The Hall–Kier alpha value is -1.68. The van der Waals surface area contributed by atoms with Gasteiger partial charge in [-0.05, 0) is 6.07 Å². The van der Waals surface area contributed by atoms with Gasteiger partial charge < -0.3 is 10.3 Å². The van der Waals surface area contributed by atoms with Gasteiger partial charge in [0.15, 0.2) is 5.78 Å². The van der Waals surface area contributed by atoms with Gasteiger partial charge in [-0.15, -0.1) is 0 Å². The van der Waals surface area contributed by atoms with Crippen LogP contribution in [0.1, 0.15) is 10.4 Å². The zero-order valence-electron chi connectivity index (χ0n) is 8.33. The van der Waals surface area contributed by atoms with E-state index in [2.05, 4.69) is 0 Å². The normalized spacial score (nSPS) is 10.9. The molecule has 0 aliphatic heterocycles. The molecule has 2 rings (SSSR count). The summed E-state index contributed by atoms with van der Waals surface area (Å²) in [4.78, 5) is 11.5. The van der Waals surface area contributed by atoms with E-state index >= 15 is 0 Å². The molecular weight excluding hydrogens is 195 g/mol. The molecule has 0 fully saturated rings. The number of hydrogen-bond acceptors (Lipinski definition) is 2. The topological polar surface area (TPSA) is 48.0 Å². The van der Waals surface area contributed by atoms with Crippen molar-refractivity contribution in [3.63, 3.8) is 0 Å². The van der Waals surface area contributed by atoms with Crippen LogP contribution in [0.25, 0.3) is 10.9 Å². The van der Waals surface area contributed by atoms with E-state index in [1.54, 1.807) is 29.9 Å². The standard InChI is InChI=1S/C11H11FN2O/c1-14-6-8(10(15)5-13)7-3-2-4-9(12)11(7)14/h2-4,6H,5,13H2,1H3. The van der Waals surface area contributed by atoms with Crippen molar-refractivity contribution >= 4 is 16.7 Å². The van der Waals surface area contributed by atoms with E-state index in [4.69, 9.17) is 5.73 Å². The Morgan fingerprint density at radius 1 is 1.53 bits per heavy atom. The lowest BCUT2D eigenvalue weighted by Gasteiger charge is -1.97. The molecule has 0 atom stereocenters. The van der Waals surface area contributed by atoms with Crippen LogP contribution in [0.5, 0.6) is 0 Å². The molecule has 0 bridgehead atoms. The lowest BCUT2D eigenvalue weighted by atomic mass is 10.1. The third kappa shape index (κ3) is 1.43. The van der Waals surface area contributed by atoms with Crippen LogP contribution in [0.15, 0.2) is 24.4 Å². The molecule has 78 valence electrons. The molecule has 0 unspecified atom stereocenters. The average Bonchev–Trinajstić information content (AvgIpc) is 2.56. The second-order valence-electron chi connectivity index (χ2n) is 3.42. The van der Waals surface area contributed by atoms with Gasteiger partial charge in [0, 0.05) is 24.2 Å². The Morgan fingerprint density at radius 2 is 2.27 bits per heavy atom. The summed E-state index contributed by atoms with van der Waals surface area (Å²) < 4.78 is 15.1. The highest BCUT2D eigenvalue weighted by Gasteiger charge is 2.14. The van der Waals surface area contributed by atoms with E-state index in [-0.39, 0.29) is 18.1 Å². The Bertz CT molecular complexity index is 531. The quantitative estimate of drug-likeness (QED) is 0.756. The number of ketones is 1. The summed E-state index contributed by atoms with van der Waals surface area (Å²) >= 11 is 0. The number of nitrogens with two attached hydrogens (primary N) is 1. The van der Waals surface area contributed by atoms with E-state index in [0.717, 1.165) is 0 Å². The van der Waals surface area contributed by atoms with Crippen LogP contribution in [-0.2, 0) is 7.05 Å². The molecule has 0 spiro atoms. The molecule has 3 nitrogen and oxygen atoms in total. The third-order valence-corrected chi connectivity index (χ3v) is 2.44. The molecule has 2 aromatic rings. The fourth-order valence-electron chi connectivity index (χ4n) is 1.75. The third-order valence-electron chi connectivity index (χ3n) is 2.44. The van der Waals surface area contributed by atoms with Gasteiger partial charge >= 0.3 is 0 Å². The van der Waals surface area contributed by atoms with Crippen LogP contribution < -0.4 is 5.73 Å². The van der Waals surface area contributed by atoms with E-state index < -0.39 is 0 Å². The second-order valence-corrected chi connectivity index (χ2v) is 3.42. The number of carbonyl (C=O) groups excluding carboxylic acids is 1. The molecule has 1 aromatic carbocycles. The van der Waals surface area contributed by atoms with Crippen LogP contribution in [0, 0.1) is 5.82 Å². The van der Waals surface area contributed by atoms with Gasteiger partial charge in [-0.25, -0.2) is 4.39 Å². The van der Waals surface area contributed by atoms with Gasteiger partial charge in [0.1, 0.15) is 5.82 Å². The number of aryl methyl sites for hydroxylation is 1. The van der Waals surface area contributed by atoms with Crippen molar-refractivity contribution in [2.45, 2.75) is 0 Å². The number of rotatable bonds is 2. The highest BCUT2D eigenvalue weighted by atomic mass is 19.1. The number of hydrogen-bond donors (Lipinski definition) is 1. The number of para-hydroxylation sites is 1. The van der Waals surface area contributed by atoms with Crippen molar-refractivity contribution in [1.82, 2.24) is 4.57 Å². The molecule has 0 aliphatic carbocycles. The molecule has 0 radical (unpaired) electrons. The van der Waals surface area contributed by atoms with Crippen LogP contribution >= 0.6 is 0 Å². The summed E-state index contributed by atoms with van der Waals surface area (Å²) in [5, 5.41) is 0.618. The first kappa shape index (κ1) is 9.86. The van der Waals surface area contributed by atoms with Crippen molar-refractivity contribution in [2.75, 3.05) is 6.54 Å². The van der Waals surface area contributed by atoms with Crippen molar-refractivity contribution < 1.29 is 9.18 Å². The molecule has 1 heterocycles. The molecule has 4 heteroatoms. The fraction of sp³-hybridized carbons (Fsp3) is 0.182. The smallest absolute Gasteiger partial charge is 0.178 e. The monoisotopic (exact) mass is 206 g/mol. The maximum absolute atomic E-state index is 13.5. The van der Waals surface area contributed by atoms with Crippen LogP contribution in [-0.4, -0.2) is 16.9 Å². The summed E-state index contributed by atoms with van der Waals surface area (Å²) in [5.74, 6) is -0.503. The largest absolute Gasteiger partial charge is 0.347 e. The Labute approximate surface area is 86.3 Å². The van der Waals surface area contributed by atoms with Crippen LogP contribution in [0.3, 0.4) is 0 Å². The van der Waals surface area contributed by atoms with Crippen molar-refractivity contribution in [1.29, 1.82) is 0 Å². The predicted molar refractivity (Wildman–Crippen MR) is 56.3 cm³/mol. The number of benzene rings is 1. The molecule has 1 aromatic heterocycles. The number of Topliss-reactive ketones (excluding diaryl/α,β-unsaturated/α-hetero) is 1. The Balaban J connectivity index is 2.79. The van der Waals surface area contributed by atoms with Crippen molar-refractivity contribution in [2.24, 2.45) is 12.8 Å². The molecule has 0 aliphatic rings. The summed E-state index contributed by atoms with van der Waals surface area (Å²) in [5.41, 5.74) is 6.21. The van der Waals surface area contributed by atoms with Crippen molar-refractivity contribution in [3.05, 3.63) is 35.8 Å². The highest BCUT2D eigenvalue weighted by molar-refractivity contribution is 6.09. The Morgan fingerprint density at radius 3 is 2.93 bits per heavy atom. The molecule has 2 N–H and O–H groups in total. The minimum absolute atomic E-state index is 0.0599. The summed E-state index contributed by atoms with van der Waals surface area (Å²) in [6.07, 6.45) is 1.61. The molecule has 0 saturated heterocycles. The first-order valence-electron chi connectivity index (χ1n) is 4.62. The van der Waals surface area contributed by atoms with E-state index in [0.29, 0.717) is 16.5 Å². The number of halogens is 1. The molecule has 15 heavy (non-hydrogen) atoms.